The van der Waals surface area contributed by atoms with Gasteiger partial charge in [-0.25, -0.2) is 19.9 Å². The van der Waals surface area contributed by atoms with Crippen molar-refractivity contribution >= 4 is 11.5 Å². The fraction of sp³-hybridized carbons (Fsp3) is 0.556. The largest absolute Gasteiger partial charge is 0.368 e. The van der Waals surface area contributed by atoms with Gasteiger partial charge in [-0.1, -0.05) is 12.8 Å². The van der Waals surface area contributed by atoms with Gasteiger partial charge in [-0.2, -0.15) is 0 Å². The number of nitrogens with zero attached hydrogens (tertiary/aromatic N) is 5. The molecule has 1 atom stereocenters. The third kappa shape index (κ3) is 3.87. The first-order chi connectivity index (χ1) is 12.3. The van der Waals surface area contributed by atoms with Gasteiger partial charge in [0.2, 0.25) is 0 Å². The van der Waals surface area contributed by atoms with E-state index in [1.165, 1.54) is 25.7 Å². The summed E-state index contributed by atoms with van der Waals surface area (Å²) in [5.74, 6) is 1.69. The molecule has 2 aliphatic rings. The molecule has 1 saturated carbocycles. The van der Waals surface area contributed by atoms with Crippen LogP contribution in [0.4, 0.5) is 11.5 Å². The molecular weight excluding hydrogens is 316 g/mol. The van der Waals surface area contributed by atoms with E-state index in [0.717, 1.165) is 36.1 Å². The van der Waals surface area contributed by atoms with Gasteiger partial charge in [0.05, 0.1) is 36.9 Å². The van der Waals surface area contributed by atoms with E-state index in [1.54, 1.807) is 6.33 Å². The van der Waals surface area contributed by atoms with Crippen LogP contribution < -0.4 is 10.2 Å². The van der Waals surface area contributed by atoms with Crippen LogP contribution in [0, 0.1) is 6.92 Å². The van der Waals surface area contributed by atoms with Crippen LogP contribution in [0.15, 0.2) is 24.8 Å². The van der Waals surface area contributed by atoms with Crippen LogP contribution in [0.1, 0.15) is 43.3 Å². The lowest BCUT2D eigenvalue weighted by molar-refractivity contribution is 0.0368. The van der Waals surface area contributed by atoms with Gasteiger partial charge in [-0.15, -0.1) is 0 Å². The molecule has 1 saturated heterocycles. The number of hydrogen-bond donors (Lipinski definition) is 1. The van der Waals surface area contributed by atoms with Gasteiger partial charge >= 0.3 is 0 Å². The molecule has 2 aromatic rings. The second-order valence-electron chi connectivity index (χ2n) is 6.75. The Kier molecular flexibility index (Phi) is 4.74. The molecule has 0 radical (unpaired) electrons. The number of aromatic nitrogens is 4. The summed E-state index contributed by atoms with van der Waals surface area (Å²) < 4.78 is 6.00. The highest BCUT2D eigenvalue weighted by molar-refractivity contribution is 5.43. The van der Waals surface area contributed by atoms with Crippen LogP contribution in [0.5, 0.6) is 0 Å². The molecule has 4 rings (SSSR count). The maximum absolute atomic E-state index is 6.00. The van der Waals surface area contributed by atoms with E-state index < -0.39 is 0 Å². The molecule has 1 N–H and O–H groups in total. The molecule has 7 nitrogen and oxygen atoms in total. The van der Waals surface area contributed by atoms with E-state index in [1.807, 2.05) is 25.4 Å². The molecule has 0 aromatic carbocycles. The Morgan fingerprint density at radius 3 is 2.76 bits per heavy atom. The average Bonchev–Trinajstić information content (AvgIpc) is 3.15. The maximum atomic E-state index is 6.00. The third-order valence-electron chi connectivity index (χ3n) is 4.87. The number of rotatable bonds is 4. The number of ether oxygens (including phenoxy) is 1. The number of aryl methyl sites for hydroxylation is 1. The summed E-state index contributed by atoms with van der Waals surface area (Å²) in [5.41, 5.74) is 1.96. The Morgan fingerprint density at radius 2 is 1.96 bits per heavy atom. The second kappa shape index (κ2) is 7.31. The van der Waals surface area contributed by atoms with Crippen LogP contribution >= 0.6 is 0 Å². The van der Waals surface area contributed by atoms with Crippen molar-refractivity contribution in [1.29, 1.82) is 0 Å². The van der Waals surface area contributed by atoms with Crippen molar-refractivity contribution in [3.05, 3.63) is 36.3 Å². The van der Waals surface area contributed by atoms with Gasteiger partial charge in [0.1, 0.15) is 24.1 Å². The monoisotopic (exact) mass is 340 g/mol. The lowest BCUT2D eigenvalue weighted by atomic mass is 10.1. The van der Waals surface area contributed by atoms with Crippen molar-refractivity contribution < 1.29 is 4.74 Å². The van der Waals surface area contributed by atoms with Gasteiger partial charge in [0, 0.05) is 18.7 Å². The van der Waals surface area contributed by atoms with Crippen molar-refractivity contribution in [2.75, 3.05) is 29.9 Å². The zero-order valence-electron chi connectivity index (χ0n) is 14.6. The molecule has 25 heavy (non-hydrogen) atoms. The average molecular weight is 340 g/mol. The quantitative estimate of drug-likeness (QED) is 0.916. The van der Waals surface area contributed by atoms with E-state index in [4.69, 9.17) is 4.74 Å². The van der Waals surface area contributed by atoms with E-state index in [2.05, 4.69) is 30.2 Å². The first-order valence-corrected chi connectivity index (χ1v) is 9.01. The van der Waals surface area contributed by atoms with Gasteiger partial charge in [0.25, 0.3) is 0 Å². The molecule has 7 heteroatoms. The Hall–Kier alpha value is -2.28. The Labute approximate surface area is 147 Å². The lowest BCUT2D eigenvalue weighted by Crippen LogP contribution is -2.38. The highest BCUT2D eigenvalue weighted by Crippen LogP contribution is 2.27. The minimum atomic E-state index is -0.0696. The van der Waals surface area contributed by atoms with Crippen molar-refractivity contribution in [2.24, 2.45) is 0 Å². The fourth-order valence-corrected chi connectivity index (χ4v) is 3.63. The molecule has 0 bridgehead atoms. The summed E-state index contributed by atoms with van der Waals surface area (Å²) in [4.78, 5) is 19.7. The topological polar surface area (TPSA) is 76.1 Å². The van der Waals surface area contributed by atoms with Crippen LogP contribution in [0.2, 0.25) is 0 Å². The predicted octanol–water partition coefficient (Wildman–Crippen LogP) is 2.51. The highest BCUT2D eigenvalue weighted by Gasteiger charge is 2.25. The summed E-state index contributed by atoms with van der Waals surface area (Å²) in [6.45, 7) is 4.18. The predicted molar refractivity (Wildman–Crippen MR) is 95.6 cm³/mol. The second-order valence-corrected chi connectivity index (χ2v) is 6.75. The van der Waals surface area contributed by atoms with E-state index in [-0.39, 0.29) is 6.10 Å². The minimum absolute atomic E-state index is 0.0696. The van der Waals surface area contributed by atoms with Crippen molar-refractivity contribution in [3.8, 4) is 0 Å². The van der Waals surface area contributed by atoms with Gasteiger partial charge < -0.3 is 15.0 Å². The molecular formula is C18H24N6O. The standard InChI is InChI=1S/C18H24N6O/c1-13-21-16(8-18(22-13)23-14-4-2-3-5-14)17-11-24(6-7-25-17)15-9-19-12-20-10-15/h8-10,12,14,17H,2-7,11H2,1H3,(H,21,22,23)/t17-/m0/s1. The van der Waals surface area contributed by atoms with Crippen molar-refractivity contribution in [1.82, 2.24) is 19.9 Å². The smallest absolute Gasteiger partial charge is 0.130 e. The van der Waals surface area contributed by atoms with E-state index in [0.29, 0.717) is 12.6 Å². The first kappa shape index (κ1) is 16.2. The summed E-state index contributed by atoms with van der Waals surface area (Å²) in [6.07, 6.45) is 10.2. The zero-order valence-corrected chi connectivity index (χ0v) is 14.6. The summed E-state index contributed by atoms with van der Waals surface area (Å²) >= 11 is 0. The molecule has 0 unspecified atom stereocenters. The Balaban J connectivity index is 1.51. The number of hydrogen-bond acceptors (Lipinski definition) is 7. The number of nitrogens with one attached hydrogen (secondary N) is 1. The normalized spacial score (nSPS) is 21.5. The van der Waals surface area contributed by atoms with Crippen LogP contribution in [0.3, 0.4) is 0 Å². The van der Waals surface area contributed by atoms with Crippen molar-refractivity contribution in [2.45, 2.75) is 44.8 Å². The van der Waals surface area contributed by atoms with E-state index in [9.17, 15) is 0 Å². The summed E-state index contributed by atoms with van der Waals surface area (Å²) in [7, 11) is 0. The van der Waals surface area contributed by atoms with Crippen LogP contribution in [-0.4, -0.2) is 45.7 Å². The van der Waals surface area contributed by atoms with E-state index >= 15 is 0 Å². The molecule has 2 fully saturated rings. The molecule has 132 valence electrons. The SMILES string of the molecule is Cc1nc(NC2CCCC2)cc([C@@H]2CN(c3cncnc3)CCO2)n1. The molecule has 1 aliphatic carbocycles. The molecule has 0 spiro atoms. The Morgan fingerprint density at radius 1 is 1.16 bits per heavy atom. The lowest BCUT2D eigenvalue weighted by Gasteiger charge is -2.34. The minimum Gasteiger partial charge on any atom is -0.368 e. The van der Waals surface area contributed by atoms with Gasteiger partial charge in [-0.05, 0) is 19.8 Å². The van der Waals surface area contributed by atoms with Gasteiger partial charge in [-0.3, -0.25) is 0 Å². The highest BCUT2D eigenvalue weighted by atomic mass is 16.5. The van der Waals surface area contributed by atoms with Crippen LogP contribution in [-0.2, 0) is 4.74 Å². The van der Waals surface area contributed by atoms with Gasteiger partial charge in [0.15, 0.2) is 0 Å². The van der Waals surface area contributed by atoms with Crippen molar-refractivity contribution in [3.63, 3.8) is 0 Å². The third-order valence-corrected chi connectivity index (χ3v) is 4.87. The Bertz CT molecular complexity index is 704. The molecule has 2 aromatic heterocycles. The molecule has 3 heterocycles. The molecule has 1 aliphatic heterocycles. The summed E-state index contributed by atoms with van der Waals surface area (Å²) in [5, 5.41) is 3.56. The molecule has 0 amide bonds. The maximum Gasteiger partial charge on any atom is 0.130 e. The summed E-state index contributed by atoms with van der Waals surface area (Å²) in [6, 6.07) is 2.58. The first-order valence-electron chi connectivity index (χ1n) is 9.01. The number of anilines is 2. The fourth-order valence-electron chi connectivity index (χ4n) is 3.63. The van der Waals surface area contributed by atoms with Crippen LogP contribution in [0.25, 0.3) is 0 Å². The number of morpholine rings is 1. The zero-order chi connectivity index (χ0) is 17.1.